The molecule has 1 aliphatic rings. The molecule has 1 aliphatic heterocycles. The number of benzene rings is 1. The van der Waals surface area contributed by atoms with Gasteiger partial charge in [0.05, 0.1) is 5.92 Å². The molecule has 0 saturated carbocycles. The van der Waals surface area contributed by atoms with Crippen LogP contribution in [0.15, 0.2) is 18.2 Å². The van der Waals surface area contributed by atoms with Crippen molar-refractivity contribution in [2.75, 3.05) is 6.54 Å². The van der Waals surface area contributed by atoms with Crippen LogP contribution in [0.2, 0.25) is 0 Å². The topological polar surface area (TPSA) is 12.0 Å². The summed E-state index contributed by atoms with van der Waals surface area (Å²) in [6.07, 6.45) is -4.16. The second-order valence-electron chi connectivity index (χ2n) is 3.93. The minimum atomic E-state index is -4.16. The smallest absolute Gasteiger partial charge is 0.312 e. The Morgan fingerprint density at radius 1 is 1.33 bits per heavy atom. The van der Waals surface area contributed by atoms with Crippen LogP contribution < -0.4 is 5.32 Å². The van der Waals surface area contributed by atoms with Crippen molar-refractivity contribution in [3.8, 4) is 0 Å². The largest absolute Gasteiger partial charge is 0.396 e. The SMILES string of the molecule is Cc1ccc2c(c1)CNCC2C(F)(F)F. The predicted molar refractivity (Wildman–Crippen MR) is 51.7 cm³/mol. The highest BCUT2D eigenvalue weighted by Crippen LogP contribution is 2.37. The fourth-order valence-electron chi connectivity index (χ4n) is 1.98. The molecule has 0 aliphatic carbocycles. The van der Waals surface area contributed by atoms with Gasteiger partial charge >= 0.3 is 6.18 Å². The number of fused-ring (bicyclic) bond motifs is 1. The van der Waals surface area contributed by atoms with Crippen LogP contribution in [0.4, 0.5) is 13.2 Å². The molecule has 0 bridgehead atoms. The van der Waals surface area contributed by atoms with Crippen molar-refractivity contribution in [2.45, 2.75) is 25.6 Å². The summed E-state index contributed by atoms with van der Waals surface area (Å²) in [4.78, 5) is 0. The summed E-state index contributed by atoms with van der Waals surface area (Å²) >= 11 is 0. The van der Waals surface area contributed by atoms with Crippen LogP contribution in [0.1, 0.15) is 22.6 Å². The van der Waals surface area contributed by atoms with Crippen molar-refractivity contribution in [1.82, 2.24) is 5.32 Å². The van der Waals surface area contributed by atoms with Gasteiger partial charge in [-0.05, 0) is 18.1 Å². The molecule has 0 saturated heterocycles. The van der Waals surface area contributed by atoms with Gasteiger partial charge in [0.1, 0.15) is 0 Å². The first kappa shape index (κ1) is 10.5. The third-order valence-corrected chi connectivity index (χ3v) is 2.73. The van der Waals surface area contributed by atoms with Crippen molar-refractivity contribution >= 4 is 0 Å². The average Bonchev–Trinajstić information content (AvgIpc) is 2.15. The summed E-state index contributed by atoms with van der Waals surface area (Å²) < 4.78 is 38.0. The van der Waals surface area contributed by atoms with E-state index in [0.29, 0.717) is 12.1 Å². The second kappa shape index (κ2) is 3.52. The van der Waals surface area contributed by atoms with E-state index in [-0.39, 0.29) is 6.54 Å². The van der Waals surface area contributed by atoms with E-state index in [1.807, 2.05) is 13.0 Å². The standard InChI is InChI=1S/C11H12F3N/c1-7-2-3-9-8(4-7)5-15-6-10(9)11(12,13)14/h2-4,10,15H,5-6H2,1H3. The lowest BCUT2D eigenvalue weighted by molar-refractivity contribution is -0.150. The summed E-state index contributed by atoms with van der Waals surface area (Å²) in [7, 11) is 0. The lowest BCUT2D eigenvalue weighted by atomic mass is 9.89. The quantitative estimate of drug-likeness (QED) is 0.701. The number of hydrogen-bond acceptors (Lipinski definition) is 1. The van der Waals surface area contributed by atoms with E-state index in [0.717, 1.165) is 11.1 Å². The van der Waals surface area contributed by atoms with Crippen molar-refractivity contribution in [3.05, 3.63) is 34.9 Å². The molecular formula is C11H12F3N. The lowest BCUT2D eigenvalue weighted by Gasteiger charge is -2.28. The summed E-state index contributed by atoms with van der Waals surface area (Å²) in [5.41, 5.74) is 2.19. The Morgan fingerprint density at radius 2 is 2.07 bits per heavy atom. The number of halogens is 3. The van der Waals surface area contributed by atoms with Gasteiger partial charge in [0.25, 0.3) is 0 Å². The van der Waals surface area contributed by atoms with Gasteiger partial charge < -0.3 is 5.32 Å². The highest BCUT2D eigenvalue weighted by atomic mass is 19.4. The van der Waals surface area contributed by atoms with E-state index in [1.165, 1.54) is 0 Å². The fourth-order valence-corrected chi connectivity index (χ4v) is 1.98. The molecule has 1 atom stereocenters. The summed E-state index contributed by atoms with van der Waals surface area (Å²) in [5.74, 6) is -1.36. The Balaban J connectivity index is 2.43. The van der Waals surface area contributed by atoms with Gasteiger partial charge in [-0.1, -0.05) is 23.8 Å². The normalized spacial score (nSPS) is 21.2. The molecule has 1 aromatic rings. The van der Waals surface area contributed by atoms with E-state index in [1.54, 1.807) is 12.1 Å². The zero-order valence-electron chi connectivity index (χ0n) is 8.36. The zero-order valence-corrected chi connectivity index (χ0v) is 8.36. The third kappa shape index (κ3) is 2.00. The summed E-state index contributed by atoms with van der Waals surface area (Å²) in [5, 5.41) is 2.80. The Bertz CT molecular complexity index is 371. The number of nitrogens with one attached hydrogen (secondary N) is 1. The molecule has 2 rings (SSSR count). The Morgan fingerprint density at radius 3 is 2.73 bits per heavy atom. The van der Waals surface area contributed by atoms with E-state index in [9.17, 15) is 13.2 Å². The molecule has 4 heteroatoms. The minimum absolute atomic E-state index is 0.0143. The molecule has 1 heterocycles. The monoisotopic (exact) mass is 215 g/mol. The molecule has 1 unspecified atom stereocenters. The first-order valence-electron chi connectivity index (χ1n) is 4.85. The highest BCUT2D eigenvalue weighted by molar-refractivity contribution is 5.36. The third-order valence-electron chi connectivity index (χ3n) is 2.73. The molecule has 0 spiro atoms. The van der Waals surface area contributed by atoms with E-state index in [4.69, 9.17) is 0 Å². The number of aryl methyl sites for hydroxylation is 1. The van der Waals surface area contributed by atoms with Crippen molar-refractivity contribution in [1.29, 1.82) is 0 Å². The van der Waals surface area contributed by atoms with Crippen molar-refractivity contribution in [2.24, 2.45) is 0 Å². The molecule has 82 valence electrons. The maximum absolute atomic E-state index is 12.7. The van der Waals surface area contributed by atoms with E-state index in [2.05, 4.69) is 5.32 Å². The molecule has 0 amide bonds. The van der Waals surface area contributed by atoms with Crippen LogP contribution in [0.3, 0.4) is 0 Å². The second-order valence-corrected chi connectivity index (χ2v) is 3.93. The molecular weight excluding hydrogens is 203 g/mol. The predicted octanol–water partition coefficient (Wildman–Crippen LogP) is 2.74. The first-order valence-corrected chi connectivity index (χ1v) is 4.85. The van der Waals surface area contributed by atoms with Gasteiger partial charge in [0.15, 0.2) is 0 Å². The molecule has 0 radical (unpaired) electrons. The van der Waals surface area contributed by atoms with Crippen molar-refractivity contribution in [3.63, 3.8) is 0 Å². The number of rotatable bonds is 0. The van der Waals surface area contributed by atoms with E-state index >= 15 is 0 Å². The molecule has 15 heavy (non-hydrogen) atoms. The van der Waals surface area contributed by atoms with Gasteiger partial charge in [-0.25, -0.2) is 0 Å². The van der Waals surface area contributed by atoms with Gasteiger partial charge in [-0.2, -0.15) is 13.2 Å². The molecule has 0 aromatic heterocycles. The summed E-state index contributed by atoms with van der Waals surface area (Å²) in [6, 6.07) is 5.16. The Labute approximate surface area is 86.3 Å². The van der Waals surface area contributed by atoms with Crippen LogP contribution in [-0.2, 0) is 6.54 Å². The molecule has 0 fully saturated rings. The maximum Gasteiger partial charge on any atom is 0.396 e. The number of alkyl halides is 3. The van der Waals surface area contributed by atoms with Crippen LogP contribution in [-0.4, -0.2) is 12.7 Å². The van der Waals surface area contributed by atoms with Crippen LogP contribution >= 0.6 is 0 Å². The van der Waals surface area contributed by atoms with Crippen LogP contribution in [0.25, 0.3) is 0 Å². The highest BCUT2D eigenvalue weighted by Gasteiger charge is 2.42. The molecule has 1 N–H and O–H groups in total. The first-order chi connectivity index (χ1) is 6.98. The average molecular weight is 215 g/mol. The summed E-state index contributed by atoms with van der Waals surface area (Å²) in [6.45, 7) is 2.40. The lowest BCUT2D eigenvalue weighted by Crippen LogP contribution is -2.36. The van der Waals surface area contributed by atoms with Gasteiger partial charge in [-0.15, -0.1) is 0 Å². The number of hydrogen-bond donors (Lipinski definition) is 1. The van der Waals surface area contributed by atoms with Crippen molar-refractivity contribution < 1.29 is 13.2 Å². The van der Waals surface area contributed by atoms with Crippen LogP contribution in [0.5, 0.6) is 0 Å². The molecule has 1 aromatic carbocycles. The Kier molecular flexibility index (Phi) is 2.46. The Hall–Kier alpha value is -1.03. The fraction of sp³-hybridized carbons (Fsp3) is 0.455. The van der Waals surface area contributed by atoms with E-state index < -0.39 is 12.1 Å². The van der Waals surface area contributed by atoms with Gasteiger partial charge in [-0.3, -0.25) is 0 Å². The molecule has 1 nitrogen and oxygen atoms in total. The minimum Gasteiger partial charge on any atom is -0.312 e. The van der Waals surface area contributed by atoms with Crippen LogP contribution in [0, 0.1) is 6.92 Å². The van der Waals surface area contributed by atoms with Gasteiger partial charge in [0, 0.05) is 13.1 Å². The maximum atomic E-state index is 12.7. The van der Waals surface area contributed by atoms with Gasteiger partial charge in [0.2, 0.25) is 0 Å². The zero-order chi connectivity index (χ0) is 11.1.